The lowest BCUT2D eigenvalue weighted by molar-refractivity contribution is 0.0365. The average molecular weight is 386 g/mol. The molecule has 6 nitrogen and oxygen atoms in total. The van der Waals surface area contributed by atoms with Crippen molar-refractivity contribution in [3.8, 4) is 0 Å². The fourth-order valence-corrected chi connectivity index (χ4v) is 4.45. The van der Waals surface area contributed by atoms with E-state index in [4.69, 9.17) is 9.47 Å². The Kier molecular flexibility index (Phi) is 6.17. The molecule has 0 unspecified atom stereocenters. The lowest BCUT2D eigenvalue weighted by Gasteiger charge is -2.31. The van der Waals surface area contributed by atoms with Gasteiger partial charge in [0.25, 0.3) is 0 Å². The number of fused-ring (bicyclic) bond motifs is 1. The second-order valence-electron chi connectivity index (χ2n) is 7.71. The number of piperidine rings is 1. The first-order chi connectivity index (χ1) is 13.8. The van der Waals surface area contributed by atoms with Crippen LogP contribution in [0.5, 0.6) is 0 Å². The lowest BCUT2D eigenvalue weighted by Crippen LogP contribution is -2.38. The third-order valence-electron chi connectivity index (χ3n) is 6.04. The van der Waals surface area contributed by atoms with Crippen LogP contribution in [0.1, 0.15) is 31.2 Å². The number of carbonyl (C=O) groups is 1. The summed E-state index contributed by atoms with van der Waals surface area (Å²) in [6, 6.07) is 8.73. The summed E-state index contributed by atoms with van der Waals surface area (Å²) in [4.78, 5) is 16.3. The maximum Gasteiger partial charge on any atom is 0.409 e. The molecule has 0 saturated carbocycles. The number of rotatable bonds is 5. The lowest BCUT2D eigenvalue weighted by atomic mass is 9.89. The standard InChI is InChI=1S/C22H31N3O3/c1-2-28-22(26)24-9-7-18(8-10-24)20-17-25(21-6-4-3-5-19(20)21)12-11-23-13-15-27-16-14-23/h3-6,17-18H,2,7-16H2,1H3. The average Bonchev–Trinajstić information content (AvgIpc) is 3.12. The molecule has 0 N–H and O–H groups in total. The number of para-hydroxylation sites is 1. The van der Waals surface area contributed by atoms with Gasteiger partial charge in [0.2, 0.25) is 0 Å². The van der Waals surface area contributed by atoms with E-state index in [1.165, 1.54) is 16.5 Å². The van der Waals surface area contributed by atoms with Gasteiger partial charge in [0.1, 0.15) is 0 Å². The molecule has 0 bridgehead atoms. The van der Waals surface area contributed by atoms with Crippen LogP contribution in [0.15, 0.2) is 30.5 Å². The Morgan fingerprint density at radius 3 is 2.61 bits per heavy atom. The molecule has 6 heteroatoms. The molecule has 1 aromatic carbocycles. The van der Waals surface area contributed by atoms with E-state index in [1.807, 2.05) is 11.8 Å². The van der Waals surface area contributed by atoms with Crippen LogP contribution in [-0.4, -0.2) is 73.0 Å². The minimum Gasteiger partial charge on any atom is -0.450 e. The van der Waals surface area contributed by atoms with Crippen molar-refractivity contribution in [3.05, 3.63) is 36.0 Å². The summed E-state index contributed by atoms with van der Waals surface area (Å²) in [5, 5.41) is 1.36. The van der Waals surface area contributed by atoms with Gasteiger partial charge in [-0.2, -0.15) is 0 Å². The van der Waals surface area contributed by atoms with E-state index in [9.17, 15) is 4.79 Å². The number of amides is 1. The monoisotopic (exact) mass is 385 g/mol. The Labute approximate surface area is 167 Å². The van der Waals surface area contributed by atoms with Crippen LogP contribution in [0.2, 0.25) is 0 Å². The van der Waals surface area contributed by atoms with Gasteiger partial charge in [-0.15, -0.1) is 0 Å². The molecule has 1 amide bonds. The summed E-state index contributed by atoms with van der Waals surface area (Å²) in [6.45, 7) is 9.65. The summed E-state index contributed by atoms with van der Waals surface area (Å²) in [5.41, 5.74) is 2.75. The maximum absolute atomic E-state index is 12.0. The second kappa shape index (κ2) is 8.97. The van der Waals surface area contributed by atoms with Crippen molar-refractivity contribution in [2.75, 3.05) is 52.5 Å². The van der Waals surface area contributed by atoms with Crippen LogP contribution in [0, 0.1) is 0 Å². The Bertz CT molecular complexity index is 789. The molecule has 0 atom stereocenters. The number of carbonyl (C=O) groups excluding carboxylic acids is 1. The first-order valence-corrected chi connectivity index (χ1v) is 10.6. The van der Waals surface area contributed by atoms with Crippen molar-refractivity contribution >= 4 is 17.0 Å². The minimum absolute atomic E-state index is 0.172. The molecule has 28 heavy (non-hydrogen) atoms. The van der Waals surface area contributed by atoms with Gasteiger partial charge in [0, 0.05) is 56.4 Å². The van der Waals surface area contributed by atoms with Gasteiger partial charge in [0.05, 0.1) is 19.8 Å². The quantitative estimate of drug-likeness (QED) is 0.792. The summed E-state index contributed by atoms with van der Waals surface area (Å²) >= 11 is 0. The van der Waals surface area contributed by atoms with Gasteiger partial charge in [-0.3, -0.25) is 4.90 Å². The molecule has 2 aliphatic heterocycles. The van der Waals surface area contributed by atoms with E-state index in [0.29, 0.717) is 12.5 Å². The zero-order chi connectivity index (χ0) is 19.3. The molecule has 2 fully saturated rings. The Balaban J connectivity index is 1.46. The Morgan fingerprint density at radius 2 is 1.86 bits per heavy atom. The van der Waals surface area contributed by atoms with Crippen LogP contribution in [0.4, 0.5) is 4.79 Å². The molecule has 2 aromatic rings. The zero-order valence-corrected chi connectivity index (χ0v) is 16.8. The van der Waals surface area contributed by atoms with Gasteiger partial charge in [0.15, 0.2) is 0 Å². The van der Waals surface area contributed by atoms with Crippen molar-refractivity contribution < 1.29 is 14.3 Å². The molecule has 0 radical (unpaired) electrons. The smallest absolute Gasteiger partial charge is 0.409 e. The van der Waals surface area contributed by atoms with E-state index in [-0.39, 0.29) is 6.09 Å². The number of nitrogens with zero attached hydrogens (tertiary/aromatic N) is 3. The highest BCUT2D eigenvalue weighted by molar-refractivity contribution is 5.84. The summed E-state index contributed by atoms with van der Waals surface area (Å²) in [6.07, 6.45) is 4.18. The molecule has 152 valence electrons. The highest BCUT2D eigenvalue weighted by atomic mass is 16.6. The van der Waals surface area contributed by atoms with Gasteiger partial charge >= 0.3 is 6.09 Å². The number of morpholine rings is 1. The number of hydrogen-bond acceptors (Lipinski definition) is 4. The summed E-state index contributed by atoms with van der Waals surface area (Å²) in [5.74, 6) is 0.500. The Hall–Kier alpha value is -2.05. The fraction of sp³-hybridized carbons (Fsp3) is 0.591. The molecule has 1 aromatic heterocycles. The highest BCUT2D eigenvalue weighted by Gasteiger charge is 2.26. The van der Waals surface area contributed by atoms with Crippen molar-refractivity contribution in [1.29, 1.82) is 0 Å². The summed E-state index contributed by atoms with van der Waals surface area (Å²) in [7, 11) is 0. The van der Waals surface area contributed by atoms with Crippen LogP contribution >= 0.6 is 0 Å². The minimum atomic E-state index is -0.172. The van der Waals surface area contributed by atoms with Gasteiger partial charge < -0.3 is 18.9 Å². The zero-order valence-electron chi connectivity index (χ0n) is 16.8. The molecular weight excluding hydrogens is 354 g/mol. The van der Waals surface area contributed by atoms with Crippen LogP contribution in [0.3, 0.4) is 0 Å². The number of ether oxygens (including phenoxy) is 2. The van der Waals surface area contributed by atoms with Crippen LogP contribution in [-0.2, 0) is 16.0 Å². The van der Waals surface area contributed by atoms with Crippen molar-refractivity contribution in [1.82, 2.24) is 14.4 Å². The van der Waals surface area contributed by atoms with E-state index >= 15 is 0 Å². The first-order valence-electron chi connectivity index (χ1n) is 10.6. The molecule has 4 rings (SSSR count). The molecular formula is C22H31N3O3. The van der Waals surface area contributed by atoms with Crippen LogP contribution in [0.25, 0.3) is 10.9 Å². The number of aromatic nitrogens is 1. The SMILES string of the molecule is CCOC(=O)N1CCC(c2cn(CCN3CCOCC3)c3ccccc23)CC1. The van der Waals surface area contributed by atoms with Crippen LogP contribution < -0.4 is 0 Å². The number of hydrogen-bond donors (Lipinski definition) is 0. The van der Waals surface area contributed by atoms with Crippen molar-refractivity contribution in [2.24, 2.45) is 0 Å². The number of benzene rings is 1. The third kappa shape index (κ3) is 4.18. The second-order valence-corrected chi connectivity index (χ2v) is 7.71. The van der Waals surface area contributed by atoms with Gasteiger partial charge in [-0.25, -0.2) is 4.79 Å². The highest BCUT2D eigenvalue weighted by Crippen LogP contribution is 2.34. The number of likely N-dealkylation sites (tertiary alicyclic amines) is 1. The largest absolute Gasteiger partial charge is 0.450 e. The van der Waals surface area contributed by atoms with E-state index in [0.717, 1.165) is 65.3 Å². The van der Waals surface area contributed by atoms with E-state index < -0.39 is 0 Å². The van der Waals surface area contributed by atoms with E-state index in [2.05, 4.69) is 39.9 Å². The maximum atomic E-state index is 12.0. The normalized spacial score (nSPS) is 19.2. The molecule has 0 aliphatic carbocycles. The Morgan fingerprint density at radius 1 is 1.11 bits per heavy atom. The fourth-order valence-electron chi connectivity index (χ4n) is 4.45. The summed E-state index contributed by atoms with van der Waals surface area (Å²) < 4.78 is 13.0. The molecule has 2 saturated heterocycles. The topological polar surface area (TPSA) is 46.9 Å². The predicted octanol–water partition coefficient (Wildman–Crippen LogP) is 3.31. The van der Waals surface area contributed by atoms with Crippen molar-refractivity contribution in [3.63, 3.8) is 0 Å². The van der Waals surface area contributed by atoms with Gasteiger partial charge in [-0.1, -0.05) is 18.2 Å². The molecule has 0 spiro atoms. The van der Waals surface area contributed by atoms with E-state index in [1.54, 1.807) is 0 Å². The molecule has 2 aliphatic rings. The van der Waals surface area contributed by atoms with Crippen molar-refractivity contribution in [2.45, 2.75) is 32.2 Å². The third-order valence-corrected chi connectivity index (χ3v) is 6.04. The first kappa shape index (κ1) is 19.3. The predicted molar refractivity (Wildman–Crippen MR) is 110 cm³/mol. The van der Waals surface area contributed by atoms with Gasteiger partial charge in [-0.05, 0) is 37.3 Å². The molecule has 3 heterocycles.